The number of anilines is 11. The SMILES string of the molecule is CCCCO.CCc1cc(N)c(OC)cc1N1CCC(N2CCN(C)CC2)CC1.CCc1cc(Nc2ncc(Br)c(Nc3ccc(-c4ccc(N(C)C)nn4)cc3P(C)(C)=O)n2)c(OC)cc1N1CCC(N2CCN(C)CC2)CC1.CN(C)c1ccc(-c2ccc(Nc3nc(Cl)ncc3Br)c(P(C)(C)=O)c2)nn1.Cc1ccc(S(=O)(=O)O)cc1. The molecule has 4 aliphatic heterocycles. The number of benzene rings is 5. The molecule has 119 heavy (non-hydrogen) atoms. The van der Waals surface area contributed by atoms with Gasteiger partial charge in [-0.15, -0.1) is 20.4 Å². The molecule has 4 aromatic heterocycles. The highest BCUT2D eigenvalue weighted by molar-refractivity contribution is 9.11. The molecule has 28 nitrogen and oxygen atoms in total. The van der Waals surface area contributed by atoms with Crippen LogP contribution in [0.2, 0.25) is 5.28 Å². The van der Waals surface area contributed by atoms with Gasteiger partial charge >= 0.3 is 0 Å². The van der Waals surface area contributed by atoms with Gasteiger partial charge in [0.1, 0.15) is 37.4 Å². The van der Waals surface area contributed by atoms with Crippen molar-refractivity contribution in [3.63, 3.8) is 0 Å². The number of halogens is 3. The number of nitrogens with one attached hydrogen (secondary N) is 3. The van der Waals surface area contributed by atoms with Crippen LogP contribution in [0.3, 0.4) is 0 Å². The van der Waals surface area contributed by atoms with Crippen LogP contribution in [-0.4, -0.2) is 258 Å². The van der Waals surface area contributed by atoms with Crippen LogP contribution in [0.15, 0.2) is 135 Å². The van der Waals surface area contributed by atoms with Gasteiger partial charge < -0.3 is 74.8 Å². The first-order valence-corrected chi connectivity index (χ1v) is 48.8. The first kappa shape index (κ1) is 94.7. The fraction of sp³-hybridized carbons (Fsp3) is 0.459. The number of nitrogens with two attached hydrogens (primary N) is 1. The molecule has 4 fully saturated rings. The highest BCUT2D eigenvalue weighted by Gasteiger charge is 2.31. The van der Waals surface area contributed by atoms with E-state index in [2.05, 4.69) is 172 Å². The van der Waals surface area contributed by atoms with E-state index in [1.165, 1.54) is 99.6 Å². The number of unbranched alkanes of at least 4 members (excludes halogenated alkanes) is 1. The number of nitrogen functional groups attached to an aromatic ring is 1. The molecule has 644 valence electrons. The van der Waals surface area contributed by atoms with Crippen LogP contribution in [0.25, 0.3) is 22.5 Å². The van der Waals surface area contributed by atoms with E-state index in [1.54, 1.807) is 65.4 Å². The third kappa shape index (κ3) is 26.9. The van der Waals surface area contributed by atoms with E-state index in [9.17, 15) is 17.5 Å². The fourth-order valence-electron chi connectivity index (χ4n) is 14.3. The lowest BCUT2D eigenvalue weighted by atomic mass is 9.99. The lowest BCUT2D eigenvalue weighted by Gasteiger charge is -2.43. The van der Waals surface area contributed by atoms with Crippen molar-refractivity contribution in [1.82, 2.24) is 59.9 Å². The van der Waals surface area contributed by atoms with E-state index in [4.69, 9.17) is 41.5 Å². The molecule has 0 atom stereocenters. The second-order valence-electron chi connectivity index (χ2n) is 31.2. The summed E-state index contributed by atoms with van der Waals surface area (Å²) in [4.78, 5) is 36.5. The van der Waals surface area contributed by atoms with Gasteiger partial charge in [0.15, 0.2) is 11.6 Å². The third-order valence-electron chi connectivity index (χ3n) is 21.3. The number of nitrogens with zero attached hydrogens (tertiary/aromatic N) is 16. The number of aryl methyl sites for hydroxylation is 3. The molecule has 0 unspecified atom stereocenters. The van der Waals surface area contributed by atoms with Gasteiger partial charge in [-0.1, -0.05) is 57.0 Å². The number of piperazine rings is 2. The maximum Gasteiger partial charge on any atom is 0.294 e. The van der Waals surface area contributed by atoms with Crippen molar-refractivity contribution in [2.75, 3.05) is 210 Å². The molecule has 0 bridgehead atoms. The number of ether oxygens (including phenoxy) is 2. The van der Waals surface area contributed by atoms with Crippen LogP contribution in [0, 0.1) is 6.92 Å². The van der Waals surface area contributed by atoms with E-state index in [0.717, 1.165) is 122 Å². The molecule has 4 aliphatic rings. The predicted octanol–water partition coefficient (Wildman–Crippen LogP) is 14.8. The molecule has 13 rings (SSSR count). The van der Waals surface area contributed by atoms with Crippen LogP contribution in [0.5, 0.6) is 11.5 Å². The Labute approximate surface area is 725 Å². The van der Waals surface area contributed by atoms with Crippen LogP contribution in [0.1, 0.15) is 76.0 Å². The summed E-state index contributed by atoms with van der Waals surface area (Å²) in [6.45, 7) is 29.4. The van der Waals surface area contributed by atoms with E-state index in [1.807, 2.05) is 106 Å². The van der Waals surface area contributed by atoms with Crippen molar-refractivity contribution in [3.8, 4) is 34.0 Å². The number of rotatable bonds is 23. The Morgan fingerprint density at radius 1 is 0.563 bits per heavy atom. The zero-order chi connectivity index (χ0) is 86.5. The Bertz CT molecular complexity index is 5010. The molecule has 0 spiro atoms. The Hall–Kier alpha value is -8.16. The number of aromatic nitrogens is 8. The molecular formula is C85H119Br2ClN20O8P2S. The van der Waals surface area contributed by atoms with Crippen molar-refractivity contribution in [2.24, 2.45) is 0 Å². The number of likely N-dealkylation sites (N-methyl/N-ethyl adjacent to an activating group) is 2. The molecule has 0 saturated carbocycles. The summed E-state index contributed by atoms with van der Waals surface area (Å²) in [7, 11) is 6.16. The average Bonchev–Trinajstić information content (AvgIpc) is 0.807. The maximum absolute atomic E-state index is 13.6. The minimum atomic E-state index is -4.02. The number of methoxy groups -OCH3 is 2. The Balaban J connectivity index is 0.000000199. The van der Waals surface area contributed by atoms with Crippen LogP contribution in [-0.2, 0) is 32.1 Å². The minimum Gasteiger partial charge on any atom is -0.495 e. The van der Waals surface area contributed by atoms with E-state index >= 15 is 0 Å². The molecule has 8 heterocycles. The van der Waals surface area contributed by atoms with Crippen molar-refractivity contribution in [1.29, 1.82) is 0 Å². The standard InChI is InChI=1S/C37H50BrN10O2P.C19H32N4O.C18H19BrClN6OP.C7H8O3S.C4H10O/c1-8-25-21-31(33(50-5)23-32(25)48-15-13-27(14-16-48)47-19-17-46(4)18-20-47)41-37-39-24-28(38)36(42-37)40-30-10-9-26(22-34(30)51(6,7)49)29-11-12-35(44-43-29)45(2)3;1-4-15-13-17(20)19(24-3)14-18(15)23-7-5-16(6-8-23)22-11-9-21(2)10-12-22;1-26(2)16-8-7-13(24-25-16)11-5-6-14(15(9-11)28(3,4)27)22-17-12(19)10-21-18(20)23-17;1-6-2-4-7(5-3-6)11(8,9)10;1-2-3-4-5/h9-12,21-24,27H,8,13-20H2,1-7H3,(H2,39,40,41,42);13-14,16H,4-12,20H2,1-3H3;5-10H,1-4H3,(H,21,22,23);2-5H,1H3,(H,8,9,10);5H,2-4H2,1H3. The van der Waals surface area contributed by atoms with E-state index in [-0.39, 0.29) is 10.2 Å². The number of piperidine rings is 2. The summed E-state index contributed by atoms with van der Waals surface area (Å²) in [5.74, 6) is 4.52. The Morgan fingerprint density at radius 3 is 1.39 bits per heavy atom. The third-order valence-corrected chi connectivity index (χ3v) is 26.6. The number of hydrogen-bond acceptors (Lipinski definition) is 27. The molecule has 7 N–H and O–H groups in total. The summed E-state index contributed by atoms with van der Waals surface area (Å²) < 4.78 is 68.7. The van der Waals surface area contributed by atoms with E-state index < -0.39 is 24.4 Å². The van der Waals surface area contributed by atoms with Crippen molar-refractivity contribution in [2.45, 2.75) is 96.0 Å². The maximum atomic E-state index is 13.6. The zero-order valence-corrected chi connectivity index (χ0v) is 78.1. The van der Waals surface area contributed by atoms with Crippen LogP contribution in [0.4, 0.5) is 63.3 Å². The summed E-state index contributed by atoms with van der Waals surface area (Å²) in [6, 6.07) is 35.0. The monoisotopic (exact) mass is 1830 g/mol. The number of aliphatic hydroxyl groups excluding tert-OH is 1. The van der Waals surface area contributed by atoms with Gasteiger partial charge in [-0.05, 0) is 220 Å². The minimum absolute atomic E-state index is 0.0666. The van der Waals surface area contributed by atoms with Gasteiger partial charge in [-0.25, -0.2) is 9.97 Å². The summed E-state index contributed by atoms with van der Waals surface area (Å²) >= 11 is 12.9. The Kier molecular flexibility index (Phi) is 35.1. The van der Waals surface area contributed by atoms with Crippen LogP contribution >= 0.6 is 57.7 Å². The Morgan fingerprint density at radius 2 is 1.00 bits per heavy atom. The smallest absolute Gasteiger partial charge is 0.294 e. The molecule has 5 aromatic carbocycles. The lowest BCUT2D eigenvalue weighted by molar-refractivity contribution is 0.0982. The number of hydrogen-bond donors (Lipinski definition) is 6. The molecule has 0 aliphatic carbocycles. The van der Waals surface area contributed by atoms with Crippen molar-refractivity contribution < 1.29 is 36.7 Å². The highest BCUT2D eigenvalue weighted by atomic mass is 79.9. The lowest BCUT2D eigenvalue weighted by Crippen LogP contribution is -2.52. The largest absolute Gasteiger partial charge is 0.495 e. The van der Waals surface area contributed by atoms with Gasteiger partial charge in [0.2, 0.25) is 11.2 Å². The second-order valence-corrected chi connectivity index (χ2v) is 41.0. The van der Waals surface area contributed by atoms with Crippen molar-refractivity contribution >= 4 is 142 Å². The molecule has 4 saturated heterocycles. The highest BCUT2D eigenvalue weighted by Crippen LogP contribution is 2.44. The van der Waals surface area contributed by atoms with Gasteiger partial charge in [0.05, 0.1) is 62.2 Å². The molecule has 34 heteroatoms. The molecule has 0 amide bonds. The predicted molar refractivity (Wildman–Crippen MR) is 497 cm³/mol. The summed E-state index contributed by atoms with van der Waals surface area (Å²) in [5.41, 5.74) is 18.2. The zero-order valence-electron chi connectivity index (χ0n) is 71.6. The van der Waals surface area contributed by atoms with Crippen molar-refractivity contribution in [3.05, 3.63) is 153 Å². The summed E-state index contributed by atoms with van der Waals surface area (Å²) in [6.07, 6.45) is 12.0. The quantitative estimate of drug-likeness (QED) is 0.0150. The molecule has 0 radical (unpaired) electrons. The second kappa shape index (κ2) is 44.1. The topological polar surface area (TPSA) is 318 Å². The average molecular weight is 1840 g/mol. The van der Waals surface area contributed by atoms with Gasteiger partial charge in [-0.2, -0.15) is 18.4 Å². The fourth-order valence-corrected chi connectivity index (χ4v) is 17.8. The van der Waals surface area contributed by atoms with Crippen LogP contribution < -0.4 is 61.4 Å². The molecular weight excluding hydrogens is 1720 g/mol. The van der Waals surface area contributed by atoms with Gasteiger partial charge in [0.25, 0.3) is 10.1 Å². The first-order valence-electron chi connectivity index (χ1n) is 40.2. The number of aliphatic hydroxyl groups is 1. The summed E-state index contributed by atoms with van der Waals surface area (Å²) in [5, 5.41) is 36.8. The molecule has 9 aromatic rings. The van der Waals surface area contributed by atoms with E-state index in [0.29, 0.717) is 72.5 Å². The normalized spacial score (nSPS) is 15.3. The van der Waals surface area contributed by atoms with Gasteiger partial charge in [-0.3, -0.25) is 14.4 Å². The van der Waals surface area contributed by atoms with Gasteiger partial charge in [0, 0.05) is 183 Å². The first-order chi connectivity index (χ1) is 56.6.